The van der Waals surface area contributed by atoms with Crippen molar-refractivity contribution in [3.05, 3.63) is 53.2 Å². The number of benzene rings is 2. The third kappa shape index (κ3) is 3.89. The summed E-state index contributed by atoms with van der Waals surface area (Å²) in [4.78, 5) is 23.7. The summed E-state index contributed by atoms with van der Waals surface area (Å²) in [7, 11) is 1.28. The lowest BCUT2D eigenvalue weighted by Crippen LogP contribution is -2.20. The van der Waals surface area contributed by atoms with Gasteiger partial charge in [-0.2, -0.15) is 5.10 Å². The fourth-order valence-corrected chi connectivity index (χ4v) is 2.35. The van der Waals surface area contributed by atoms with Crippen LogP contribution in [0.3, 0.4) is 0 Å². The van der Waals surface area contributed by atoms with Crippen molar-refractivity contribution in [1.82, 2.24) is 10.2 Å². The third-order valence-corrected chi connectivity index (χ3v) is 3.66. The van der Waals surface area contributed by atoms with Crippen LogP contribution in [0.1, 0.15) is 10.5 Å². The molecule has 2 N–H and O–H groups in total. The van der Waals surface area contributed by atoms with Crippen LogP contribution in [0.15, 0.2) is 42.5 Å². The van der Waals surface area contributed by atoms with Gasteiger partial charge in [0.05, 0.1) is 12.6 Å². The molecule has 1 heterocycles. The van der Waals surface area contributed by atoms with Crippen molar-refractivity contribution in [2.75, 3.05) is 19.0 Å². The van der Waals surface area contributed by atoms with E-state index in [1.54, 1.807) is 42.5 Å². The molecule has 0 aliphatic heterocycles. The van der Waals surface area contributed by atoms with Gasteiger partial charge in [0.1, 0.15) is 5.75 Å². The molecule has 7 nitrogen and oxygen atoms in total. The second-order valence-corrected chi connectivity index (χ2v) is 5.55. The summed E-state index contributed by atoms with van der Waals surface area (Å²) in [5, 5.41) is 10.5. The van der Waals surface area contributed by atoms with Crippen LogP contribution in [-0.4, -0.2) is 35.8 Å². The fourth-order valence-electron chi connectivity index (χ4n) is 2.22. The number of ether oxygens (including phenoxy) is 2. The number of aromatic amines is 1. The minimum Gasteiger partial charge on any atom is -0.484 e. The van der Waals surface area contributed by atoms with Crippen LogP contribution in [0.5, 0.6) is 5.75 Å². The molecule has 0 aliphatic rings. The first-order valence-corrected chi connectivity index (χ1v) is 7.69. The van der Waals surface area contributed by atoms with Gasteiger partial charge < -0.3 is 14.8 Å². The van der Waals surface area contributed by atoms with Gasteiger partial charge in [-0.15, -0.1) is 0 Å². The highest BCUT2D eigenvalue weighted by Crippen LogP contribution is 2.21. The van der Waals surface area contributed by atoms with E-state index in [0.29, 0.717) is 27.4 Å². The number of methoxy groups -OCH3 is 1. The second kappa shape index (κ2) is 7.23. The van der Waals surface area contributed by atoms with Crippen molar-refractivity contribution >= 4 is 40.1 Å². The number of nitrogens with zero attached hydrogens (tertiary/aromatic N) is 1. The third-order valence-electron chi connectivity index (χ3n) is 3.41. The Kier molecular flexibility index (Phi) is 4.85. The van der Waals surface area contributed by atoms with Crippen molar-refractivity contribution in [2.45, 2.75) is 0 Å². The Morgan fingerprint density at radius 1 is 1.20 bits per heavy atom. The molecule has 0 radical (unpaired) electrons. The van der Waals surface area contributed by atoms with Gasteiger partial charge in [-0.05, 0) is 42.5 Å². The quantitative estimate of drug-likeness (QED) is 0.683. The van der Waals surface area contributed by atoms with Crippen molar-refractivity contribution < 1.29 is 19.1 Å². The molecular formula is C17H14ClN3O4. The number of esters is 1. The molecule has 3 rings (SSSR count). The molecule has 2 aromatic carbocycles. The van der Waals surface area contributed by atoms with Crippen LogP contribution in [0.2, 0.25) is 5.02 Å². The molecule has 1 amide bonds. The molecular weight excluding hydrogens is 346 g/mol. The maximum absolute atomic E-state index is 12.0. The molecule has 0 aliphatic carbocycles. The number of anilines is 1. The normalized spacial score (nSPS) is 10.5. The number of halogens is 1. The maximum atomic E-state index is 12.0. The van der Waals surface area contributed by atoms with Crippen molar-refractivity contribution in [2.24, 2.45) is 0 Å². The average molecular weight is 360 g/mol. The summed E-state index contributed by atoms with van der Waals surface area (Å²) in [6.45, 7) is -0.158. The summed E-state index contributed by atoms with van der Waals surface area (Å²) in [6.07, 6.45) is 0. The first-order valence-electron chi connectivity index (χ1n) is 7.31. The SMILES string of the molecule is COC(=O)c1n[nH]c2ccc(NC(=O)COc3ccc(Cl)cc3)cc12. The molecule has 0 saturated carbocycles. The minimum atomic E-state index is -0.555. The average Bonchev–Trinajstić information content (AvgIpc) is 3.04. The number of amides is 1. The first-order chi connectivity index (χ1) is 12.1. The number of aromatic nitrogens is 2. The smallest absolute Gasteiger partial charge is 0.359 e. The van der Waals surface area contributed by atoms with Gasteiger partial charge in [0, 0.05) is 16.1 Å². The topological polar surface area (TPSA) is 93.3 Å². The summed E-state index contributed by atoms with van der Waals surface area (Å²) < 4.78 is 10.1. The van der Waals surface area contributed by atoms with E-state index in [1.165, 1.54) is 7.11 Å². The summed E-state index contributed by atoms with van der Waals surface area (Å²) in [6, 6.07) is 11.8. The fraction of sp³-hybridized carbons (Fsp3) is 0.118. The minimum absolute atomic E-state index is 0.158. The van der Waals surface area contributed by atoms with Crippen LogP contribution in [0.25, 0.3) is 10.9 Å². The molecule has 0 bridgehead atoms. The monoisotopic (exact) mass is 359 g/mol. The molecule has 128 valence electrons. The summed E-state index contributed by atoms with van der Waals surface area (Å²) >= 11 is 5.79. The molecule has 0 unspecified atom stereocenters. The highest BCUT2D eigenvalue weighted by molar-refractivity contribution is 6.30. The van der Waals surface area contributed by atoms with Crippen molar-refractivity contribution in [3.8, 4) is 5.75 Å². The molecule has 0 atom stereocenters. The Balaban J connectivity index is 1.68. The molecule has 3 aromatic rings. The number of hydrogen-bond acceptors (Lipinski definition) is 5. The predicted molar refractivity (Wildman–Crippen MR) is 93.0 cm³/mol. The van der Waals surface area contributed by atoms with Crippen LogP contribution < -0.4 is 10.1 Å². The van der Waals surface area contributed by atoms with Gasteiger partial charge in [-0.3, -0.25) is 9.89 Å². The lowest BCUT2D eigenvalue weighted by atomic mass is 10.2. The van der Waals surface area contributed by atoms with E-state index in [9.17, 15) is 9.59 Å². The molecule has 0 spiro atoms. The Hall–Kier alpha value is -3.06. The van der Waals surface area contributed by atoms with E-state index in [0.717, 1.165) is 0 Å². The zero-order valence-electron chi connectivity index (χ0n) is 13.2. The van der Waals surface area contributed by atoms with Gasteiger partial charge in [0.25, 0.3) is 5.91 Å². The van der Waals surface area contributed by atoms with Crippen LogP contribution in [-0.2, 0) is 9.53 Å². The van der Waals surface area contributed by atoms with Crippen molar-refractivity contribution in [3.63, 3.8) is 0 Å². The first kappa shape index (κ1) is 16.8. The lowest BCUT2D eigenvalue weighted by Gasteiger charge is -2.08. The highest BCUT2D eigenvalue weighted by Gasteiger charge is 2.15. The number of rotatable bonds is 5. The number of carbonyl (C=O) groups is 2. The van der Waals surface area contributed by atoms with E-state index >= 15 is 0 Å². The number of H-pyrrole nitrogens is 1. The zero-order chi connectivity index (χ0) is 17.8. The summed E-state index contributed by atoms with van der Waals surface area (Å²) in [5.41, 5.74) is 1.34. The number of nitrogens with one attached hydrogen (secondary N) is 2. The Bertz CT molecular complexity index is 921. The molecule has 0 saturated heterocycles. The largest absolute Gasteiger partial charge is 0.484 e. The molecule has 0 fully saturated rings. The van der Waals surface area contributed by atoms with E-state index in [4.69, 9.17) is 16.3 Å². The second-order valence-electron chi connectivity index (χ2n) is 5.11. The van der Waals surface area contributed by atoms with E-state index in [1.807, 2.05) is 0 Å². The standard InChI is InChI=1S/C17H14ClN3O4/c1-24-17(23)16-13-8-11(4-7-14(13)20-21-16)19-15(22)9-25-12-5-2-10(18)3-6-12/h2-8H,9H2,1H3,(H,19,22)(H,20,21). The maximum Gasteiger partial charge on any atom is 0.359 e. The van der Waals surface area contributed by atoms with E-state index in [2.05, 4.69) is 20.3 Å². The number of hydrogen-bond donors (Lipinski definition) is 2. The summed E-state index contributed by atoms with van der Waals surface area (Å²) in [5.74, 6) is -0.351. The van der Waals surface area contributed by atoms with Crippen LogP contribution >= 0.6 is 11.6 Å². The van der Waals surface area contributed by atoms with Crippen LogP contribution in [0, 0.1) is 0 Å². The van der Waals surface area contributed by atoms with Gasteiger partial charge in [0.2, 0.25) is 0 Å². The number of fused-ring (bicyclic) bond motifs is 1. The van der Waals surface area contributed by atoms with E-state index in [-0.39, 0.29) is 18.2 Å². The zero-order valence-corrected chi connectivity index (χ0v) is 14.0. The van der Waals surface area contributed by atoms with Crippen molar-refractivity contribution in [1.29, 1.82) is 0 Å². The number of carbonyl (C=O) groups excluding carboxylic acids is 2. The van der Waals surface area contributed by atoms with Gasteiger partial charge >= 0.3 is 5.97 Å². The molecule has 8 heteroatoms. The van der Waals surface area contributed by atoms with E-state index < -0.39 is 5.97 Å². The Labute approximate surface area is 147 Å². The Morgan fingerprint density at radius 2 is 1.96 bits per heavy atom. The van der Waals surface area contributed by atoms with Gasteiger partial charge in [0.15, 0.2) is 12.3 Å². The predicted octanol–water partition coefficient (Wildman–Crippen LogP) is 3.02. The lowest BCUT2D eigenvalue weighted by molar-refractivity contribution is -0.118. The molecule has 25 heavy (non-hydrogen) atoms. The Morgan fingerprint density at radius 3 is 2.68 bits per heavy atom. The highest BCUT2D eigenvalue weighted by atomic mass is 35.5. The van der Waals surface area contributed by atoms with Gasteiger partial charge in [-0.25, -0.2) is 4.79 Å². The van der Waals surface area contributed by atoms with Gasteiger partial charge in [-0.1, -0.05) is 11.6 Å². The van der Waals surface area contributed by atoms with Crippen LogP contribution in [0.4, 0.5) is 5.69 Å². The molecule has 1 aromatic heterocycles.